The van der Waals surface area contributed by atoms with Crippen molar-refractivity contribution in [3.05, 3.63) is 46.8 Å². The molecule has 7 nitrogen and oxygen atoms in total. The van der Waals surface area contributed by atoms with Crippen molar-refractivity contribution in [2.45, 2.75) is 31.3 Å². The molecule has 1 amide bonds. The number of sulfonamides is 1. The Morgan fingerprint density at radius 2 is 1.70 bits per heavy atom. The van der Waals surface area contributed by atoms with Crippen LogP contribution in [0.4, 0.5) is 13.2 Å². The van der Waals surface area contributed by atoms with Crippen LogP contribution in [0.2, 0.25) is 0 Å². The molecule has 1 aliphatic heterocycles. The van der Waals surface area contributed by atoms with Crippen LogP contribution in [-0.4, -0.2) is 59.5 Å². The molecule has 0 spiro atoms. The van der Waals surface area contributed by atoms with Crippen molar-refractivity contribution < 1.29 is 26.4 Å². The summed E-state index contributed by atoms with van der Waals surface area (Å²) in [6, 6.07) is 4.14. The minimum atomic E-state index is -4.78. The molecule has 2 heterocycles. The monoisotopic (exact) mass is 444 g/mol. The van der Waals surface area contributed by atoms with Gasteiger partial charge in [0.25, 0.3) is 0 Å². The van der Waals surface area contributed by atoms with E-state index in [2.05, 4.69) is 5.10 Å². The van der Waals surface area contributed by atoms with Gasteiger partial charge in [0.1, 0.15) is 0 Å². The summed E-state index contributed by atoms with van der Waals surface area (Å²) in [7, 11) is -2.54. The number of benzene rings is 1. The van der Waals surface area contributed by atoms with Crippen LogP contribution < -0.4 is 0 Å². The van der Waals surface area contributed by atoms with E-state index in [1.807, 2.05) is 13.8 Å². The van der Waals surface area contributed by atoms with Gasteiger partial charge in [-0.15, -0.1) is 0 Å². The van der Waals surface area contributed by atoms with E-state index in [-0.39, 0.29) is 38.5 Å². The number of piperazine rings is 1. The van der Waals surface area contributed by atoms with Crippen molar-refractivity contribution in [2.24, 2.45) is 7.05 Å². The molecule has 0 saturated carbocycles. The van der Waals surface area contributed by atoms with Crippen molar-refractivity contribution in [3.8, 4) is 0 Å². The lowest BCUT2D eigenvalue weighted by Gasteiger charge is -2.34. The van der Waals surface area contributed by atoms with Gasteiger partial charge in [0, 0.05) is 44.5 Å². The van der Waals surface area contributed by atoms with Crippen molar-refractivity contribution >= 4 is 15.9 Å². The Hall–Kier alpha value is -2.40. The van der Waals surface area contributed by atoms with Gasteiger partial charge in [0.05, 0.1) is 22.6 Å². The molecule has 0 atom stereocenters. The maximum atomic E-state index is 13.2. The van der Waals surface area contributed by atoms with E-state index >= 15 is 0 Å². The highest BCUT2D eigenvalue weighted by Gasteiger charge is 2.39. The smallest absolute Gasteiger partial charge is 0.340 e. The van der Waals surface area contributed by atoms with Gasteiger partial charge in [-0.25, -0.2) is 8.42 Å². The number of hydrogen-bond acceptors (Lipinski definition) is 4. The first kappa shape index (κ1) is 22.3. The Balaban J connectivity index is 1.72. The molecule has 1 aliphatic rings. The van der Waals surface area contributed by atoms with Crippen LogP contribution in [0.15, 0.2) is 29.2 Å². The van der Waals surface area contributed by atoms with Gasteiger partial charge in [-0.05, 0) is 26.0 Å². The highest BCUT2D eigenvalue weighted by molar-refractivity contribution is 7.89. The zero-order valence-corrected chi connectivity index (χ0v) is 17.7. The summed E-state index contributed by atoms with van der Waals surface area (Å²) in [6.45, 7) is 3.79. The highest BCUT2D eigenvalue weighted by atomic mass is 32.2. The summed E-state index contributed by atoms with van der Waals surface area (Å²) in [6.07, 6.45) is -4.63. The van der Waals surface area contributed by atoms with Crippen LogP contribution in [0.5, 0.6) is 0 Å². The zero-order chi connectivity index (χ0) is 22.3. The molecule has 11 heteroatoms. The third-order valence-electron chi connectivity index (χ3n) is 5.39. The molecular weight excluding hydrogens is 421 g/mol. The van der Waals surface area contributed by atoms with Crippen LogP contribution in [0, 0.1) is 13.8 Å². The molecule has 1 saturated heterocycles. The first-order valence-electron chi connectivity index (χ1n) is 9.36. The van der Waals surface area contributed by atoms with E-state index in [1.165, 1.54) is 11.0 Å². The van der Waals surface area contributed by atoms with Crippen molar-refractivity contribution in [1.82, 2.24) is 19.0 Å². The van der Waals surface area contributed by atoms with E-state index < -0.39 is 26.7 Å². The molecule has 0 unspecified atom stereocenters. The van der Waals surface area contributed by atoms with Gasteiger partial charge in [0.2, 0.25) is 15.9 Å². The van der Waals surface area contributed by atoms with Crippen LogP contribution in [0.1, 0.15) is 22.5 Å². The van der Waals surface area contributed by atoms with Crippen LogP contribution in [0.3, 0.4) is 0 Å². The van der Waals surface area contributed by atoms with Gasteiger partial charge >= 0.3 is 6.18 Å². The van der Waals surface area contributed by atoms with Crippen LogP contribution in [-0.2, 0) is 34.5 Å². The molecule has 2 aromatic rings. The molecule has 3 rings (SSSR count). The van der Waals surface area contributed by atoms with Crippen molar-refractivity contribution in [1.29, 1.82) is 0 Å². The predicted octanol–water partition coefficient (Wildman–Crippen LogP) is 2.13. The maximum Gasteiger partial charge on any atom is 0.417 e. The topological polar surface area (TPSA) is 75.5 Å². The first-order chi connectivity index (χ1) is 13.9. The second kappa shape index (κ2) is 8.03. The summed E-state index contributed by atoms with van der Waals surface area (Å²) < 4.78 is 68.1. The summed E-state index contributed by atoms with van der Waals surface area (Å²) in [5, 5.41) is 4.28. The Morgan fingerprint density at radius 3 is 2.23 bits per heavy atom. The van der Waals surface area contributed by atoms with Crippen molar-refractivity contribution in [3.63, 3.8) is 0 Å². The fourth-order valence-electron chi connectivity index (χ4n) is 3.58. The molecule has 0 bridgehead atoms. The highest BCUT2D eigenvalue weighted by Crippen LogP contribution is 2.35. The lowest BCUT2D eigenvalue weighted by atomic mass is 10.1. The Morgan fingerprint density at radius 1 is 1.10 bits per heavy atom. The van der Waals surface area contributed by atoms with Gasteiger partial charge < -0.3 is 4.90 Å². The van der Waals surface area contributed by atoms with Gasteiger partial charge in [-0.1, -0.05) is 12.1 Å². The number of aromatic nitrogens is 2. The quantitative estimate of drug-likeness (QED) is 0.724. The average Bonchev–Trinajstić information content (AvgIpc) is 2.93. The number of aryl methyl sites for hydroxylation is 2. The van der Waals surface area contributed by atoms with E-state index in [0.29, 0.717) is 0 Å². The molecule has 1 aromatic heterocycles. The van der Waals surface area contributed by atoms with Gasteiger partial charge in [-0.3, -0.25) is 9.48 Å². The fourth-order valence-corrected chi connectivity index (χ4v) is 5.21. The normalized spacial score (nSPS) is 16.1. The molecular formula is C19H23F3N4O3S. The fraction of sp³-hybridized carbons (Fsp3) is 0.474. The third kappa shape index (κ3) is 4.22. The molecule has 0 N–H and O–H groups in total. The molecule has 164 valence electrons. The molecule has 1 fully saturated rings. The molecule has 1 aromatic carbocycles. The second-order valence-corrected chi connectivity index (χ2v) is 9.13. The number of amides is 1. The Labute approximate surface area is 173 Å². The minimum absolute atomic E-state index is 0.0642. The maximum absolute atomic E-state index is 13.2. The molecule has 0 radical (unpaired) electrons. The van der Waals surface area contributed by atoms with E-state index in [9.17, 15) is 26.4 Å². The Bertz CT molecular complexity index is 1060. The Kier molecular flexibility index (Phi) is 5.96. The molecule has 30 heavy (non-hydrogen) atoms. The largest absolute Gasteiger partial charge is 0.417 e. The van der Waals surface area contributed by atoms with Gasteiger partial charge in [-0.2, -0.15) is 22.6 Å². The molecule has 0 aliphatic carbocycles. The second-order valence-electron chi connectivity index (χ2n) is 7.23. The van der Waals surface area contributed by atoms with E-state index in [4.69, 9.17) is 0 Å². The number of carbonyl (C=O) groups excluding carboxylic acids is 1. The van der Waals surface area contributed by atoms with Crippen LogP contribution in [0.25, 0.3) is 0 Å². The number of halogens is 3. The summed E-state index contributed by atoms with van der Waals surface area (Å²) in [5.74, 6) is -0.165. The summed E-state index contributed by atoms with van der Waals surface area (Å²) >= 11 is 0. The SMILES string of the molecule is Cc1nn(C)c(C)c1CC(=O)N1CCN(S(=O)(=O)c2ccccc2C(F)(F)F)CC1. The first-order valence-corrected chi connectivity index (χ1v) is 10.8. The standard InChI is InChI=1S/C19H23F3N4O3S/c1-13-15(14(2)24(3)23-13)12-18(27)25-8-10-26(11-9-25)30(28,29)17-7-5-4-6-16(17)19(20,21)22/h4-7H,8-12H2,1-3H3. The van der Waals surface area contributed by atoms with E-state index in [0.717, 1.165) is 39.5 Å². The minimum Gasteiger partial charge on any atom is -0.340 e. The summed E-state index contributed by atoms with van der Waals surface area (Å²) in [5.41, 5.74) is 1.28. The number of rotatable bonds is 4. The van der Waals surface area contributed by atoms with E-state index in [1.54, 1.807) is 11.7 Å². The number of carbonyl (C=O) groups is 1. The zero-order valence-electron chi connectivity index (χ0n) is 16.9. The van der Waals surface area contributed by atoms with Crippen molar-refractivity contribution in [2.75, 3.05) is 26.2 Å². The number of hydrogen-bond donors (Lipinski definition) is 0. The summed E-state index contributed by atoms with van der Waals surface area (Å²) in [4.78, 5) is 13.4. The van der Waals surface area contributed by atoms with Gasteiger partial charge in [0.15, 0.2) is 0 Å². The number of nitrogens with zero attached hydrogens (tertiary/aromatic N) is 4. The lowest BCUT2D eigenvalue weighted by molar-refractivity contribution is -0.139. The van der Waals surface area contributed by atoms with Crippen LogP contribution >= 0.6 is 0 Å². The lowest BCUT2D eigenvalue weighted by Crippen LogP contribution is -2.51. The number of alkyl halides is 3. The third-order valence-corrected chi connectivity index (χ3v) is 7.35. The average molecular weight is 444 g/mol. The predicted molar refractivity (Wildman–Crippen MR) is 103 cm³/mol.